The lowest BCUT2D eigenvalue weighted by molar-refractivity contribution is 0.0829. The second-order valence-corrected chi connectivity index (χ2v) is 4.38. The molecule has 0 aromatic heterocycles. The van der Waals surface area contributed by atoms with Gasteiger partial charge in [0, 0.05) is 0 Å². The monoisotopic (exact) mass is 210 g/mol. The van der Waals surface area contributed by atoms with Crippen LogP contribution in [0.4, 0.5) is 0 Å². The first kappa shape index (κ1) is 9.61. The average molecular weight is 210 g/mol. The summed E-state index contributed by atoms with van der Waals surface area (Å²) in [5.74, 6) is 0. The molecule has 0 saturated carbocycles. The van der Waals surface area contributed by atoms with Crippen LogP contribution in [0.5, 0.6) is 0 Å². The first-order valence-electron chi connectivity index (χ1n) is 5.67. The standard InChI is InChI=1S/C15H14O/c16-15(13-7-2-1-3-8-13)11-10-12-6-4-5-9-14(12)15/h1-9,16H,10-11H2. The van der Waals surface area contributed by atoms with E-state index in [1.165, 1.54) is 5.56 Å². The fourth-order valence-electron chi connectivity index (χ4n) is 2.61. The molecule has 2 aromatic carbocycles. The van der Waals surface area contributed by atoms with E-state index in [1.807, 2.05) is 48.5 Å². The third kappa shape index (κ3) is 1.29. The zero-order valence-electron chi connectivity index (χ0n) is 9.06. The van der Waals surface area contributed by atoms with Crippen LogP contribution in [-0.2, 0) is 12.0 Å². The maximum absolute atomic E-state index is 10.8. The van der Waals surface area contributed by atoms with Gasteiger partial charge in [-0.1, -0.05) is 54.6 Å². The normalized spacial score (nSPS) is 23.1. The zero-order valence-corrected chi connectivity index (χ0v) is 9.06. The highest BCUT2D eigenvalue weighted by Crippen LogP contribution is 2.41. The Balaban J connectivity index is 2.15. The van der Waals surface area contributed by atoms with E-state index >= 15 is 0 Å². The van der Waals surface area contributed by atoms with Gasteiger partial charge in [0.15, 0.2) is 0 Å². The predicted molar refractivity (Wildman–Crippen MR) is 64.2 cm³/mol. The zero-order chi connectivity index (χ0) is 11.0. The van der Waals surface area contributed by atoms with Gasteiger partial charge in [-0.3, -0.25) is 0 Å². The Bertz CT molecular complexity index is 504. The SMILES string of the molecule is OC1(c2ccccc2)CCc2ccccc21. The van der Waals surface area contributed by atoms with Crippen LogP contribution in [0.2, 0.25) is 0 Å². The molecule has 2 aromatic rings. The number of rotatable bonds is 1. The van der Waals surface area contributed by atoms with Crippen molar-refractivity contribution in [1.82, 2.24) is 0 Å². The molecule has 1 unspecified atom stereocenters. The van der Waals surface area contributed by atoms with E-state index in [4.69, 9.17) is 0 Å². The van der Waals surface area contributed by atoms with Crippen LogP contribution >= 0.6 is 0 Å². The van der Waals surface area contributed by atoms with E-state index in [1.54, 1.807) is 0 Å². The molecule has 1 atom stereocenters. The van der Waals surface area contributed by atoms with Gasteiger partial charge in [-0.2, -0.15) is 0 Å². The predicted octanol–water partition coefficient (Wildman–Crippen LogP) is 2.87. The lowest BCUT2D eigenvalue weighted by Gasteiger charge is -2.24. The van der Waals surface area contributed by atoms with Crippen molar-refractivity contribution >= 4 is 0 Å². The van der Waals surface area contributed by atoms with Crippen molar-refractivity contribution in [3.63, 3.8) is 0 Å². The van der Waals surface area contributed by atoms with Crippen LogP contribution < -0.4 is 0 Å². The van der Waals surface area contributed by atoms with Crippen LogP contribution in [0.25, 0.3) is 0 Å². The van der Waals surface area contributed by atoms with Crippen molar-refractivity contribution in [2.24, 2.45) is 0 Å². The summed E-state index contributed by atoms with van der Waals surface area (Å²) in [6.45, 7) is 0. The Morgan fingerprint density at radius 3 is 2.38 bits per heavy atom. The van der Waals surface area contributed by atoms with E-state index < -0.39 is 5.60 Å². The van der Waals surface area contributed by atoms with Crippen molar-refractivity contribution in [1.29, 1.82) is 0 Å². The second-order valence-electron chi connectivity index (χ2n) is 4.38. The summed E-state index contributed by atoms with van der Waals surface area (Å²) in [7, 11) is 0. The first-order chi connectivity index (χ1) is 7.81. The third-order valence-electron chi connectivity index (χ3n) is 3.47. The minimum atomic E-state index is -0.780. The Labute approximate surface area is 95.4 Å². The third-order valence-corrected chi connectivity index (χ3v) is 3.47. The first-order valence-corrected chi connectivity index (χ1v) is 5.67. The van der Waals surface area contributed by atoms with E-state index in [-0.39, 0.29) is 0 Å². The number of aryl methyl sites for hydroxylation is 1. The quantitative estimate of drug-likeness (QED) is 0.767. The van der Waals surface area contributed by atoms with Gasteiger partial charge in [-0.25, -0.2) is 0 Å². The minimum Gasteiger partial charge on any atom is -0.380 e. The van der Waals surface area contributed by atoms with Crippen LogP contribution in [0.1, 0.15) is 23.1 Å². The fraction of sp³-hybridized carbons (Fsp3) is 0.200. The second kappa shape index (κ2) is 3.46. The molecule has 1 nitrogen and oxygen atoms in total. The van der Waals surface area contributed by atoms with Crippen LogP contribution in [0.3, 0.4) is 0 Å². The summed E-state index contributed by atoms with van der Waals surface area (Å²) in [5.41, 5.74) is 2.56. The van der Waals surface area contributed by atoms with Gasteiger partial charge in [0.05, 0.1) is 0 Å². The van der Waals surface area contributed by atoms with E-state index in [2.05, 4.69) is 6.07 Å². The maximum Gasteiger partial charge on any atom is 0.115 e. The van der Waals surface area contributed by atoms with Crippen LogP contribution in [0, 0.1) is 0 Å². The molecule has 3 rings (SSSR count). The van der Waals surface area contributed by atoms with Crippen molar-refractivity contribution < 1.29 is 5.11 Å². The van der Waals surface area contributed by atoms with Gasteiger partial charge in [0.1, 0.15) is 5.60 Å². The van der Waals surface area contributed by atoms with Gasteiger partial charge in [0.25, 0.3) is 0 Å². The molecule has 0 radical (unpaired) electrons. The average Bonchev–Trinajstić information content (AvgIpc) is 2.71. The molecule has 0 spiro atoms. The number of hydrogen-bond acceptors (Lipinski definition) is 1. The summed E-state index contributed by atoms with van der Waals surface area (Å²) >= 11 is 0. The summed E-state index contributed by atoms with van der Waals surface area (Å²) in [5, 5.41) is 10.8. The topological polar surface area (TPSA) is 20.2 Å². The molecule has 16 heavy (non-hydrogen) atoms. The van der Waals surface area contributed by atoms with Crippen molar-refractivity contribution in [2.45, 2.75) is 18.4 Å². The molecule has 0 bridgehead atoms. The molecular weight excluding hydrogens is 196 g/mol. The lowest BCUT2D eigenvalue weighted by Crippen LogP contribution is -2.23. The van der Waals surface area contributed by atoms with Crippen molar-refractivity contribution in [3.05, 3.63) is 71.3 Å². The van der Waals surface area contributed by atoms with Crippen LogP contribution in [-0.4, -0.2) is 5.11 Å². The lowest BCUT2D eigenvalue weighted by atomic mass is 9.88. The molecule has 0 fully saturated rings. The van der Waals surface area contributed by atoms with Gasteiger partial charge in [0.2, 0.25) is 0 Å². The Morgan fingerprint density at radius 1 is 0.875 bits per heavy atom. The Kier molecular flexibility index (Phi) is 2.08. The number of aliphatic hydroxyl groups is 1. The fourth-order valence-corrected chi connectivity index (χ4v) is 2.61. The number of hydrogen-bond donors (Lipinski definition) is 1. The summed E-state index contributed by atoms with van der Waals surface area (Å²) in [4.78, 5) is 0. The van der Waals surface area contributed by atoms with Crippen molar-refractivity contribution in [2.75, 3.05) is 0 Å². The maximum atomic E-state index is 10.8. The molecule has 80 valence electrons. The molecule has 1 heteroatoms. The highest BCUT2D eigenvalue weighted by Gasteiger charge is 2.37. The molecule has 0 amide bonds. The van der Waals surface area contributed by atoms with Crippen molar-refractivity contribution in [3.8, 4) is 0 Å². The highest BCUT2D eigenvalue weighted by atomic mass is 16.3. The van der Waals surface area contributed by atoms with Gasteiger partial charge >= 0.3 is 0 Å². The van der Waals surface area contributed by atoms with Crippen LogP contribution in [0.15, 0.2) is 54.6 Å². The summed E-state index contributed by atoms with van der Waals surface area (Å²) in [6.07, 6.45) is 1.75. The van der Waals surface area contributed by atoms with Gasteiger partial charge in [-0.15, -0.1) is 0 Å². The number of benzene rings is 2. The van der Waals surface area contributed by atoms with E-state index in [9.17, 15) is 5.11 Å². The molecule has 0 heterocycles. The summed E-state index contributed by atoms with van der Waals surface area (Å²) in [6, 6.07) is 18.1. The molecule has 0 aliphatic heterocycles. The minimum absolute atomic E-state index is 0.780. The molecule has 1 aliphatic carbocycles. The van der Waals surface area contributed by atoms with Gasteiger partial charge in [-0.05, 0) is 29.5 Å². The molecule has 1 aliphatic rings. The highest BCUT2D eigenvalue weighted by molar-refractivity contribution is 5.44. The van der Waals surface area contributed by atoms with E-state index in [0.29, 0.717) is 0 Å². The molecule has 0 saturated heterocycles. The molecular formula is C15H14O. The largest absolute Gasteiger partial charge is 0.380 e. The smallest absolute Gasteiger partial charge is 0.115 e. The summed E-state index contributed by atoms with van der Waals surface area (Å²) < 4.78 is 0. The van der Waals surface area contributed by atoms with E-state index in [0.717, 1.165) is 24.0 Å². The molecule has 1 N–H and O–H groups in total. The number of fused-ring (bicyclic) bond motifs is 1. The van der Waals surface area contributed by atoms with Gasteiger partial charge < -0.3 is 5.11 Å². The Morgan fingerprint density at radius 2 is 1.56 bits per heavy atom. The Hall–Kier alpha value is -1.60.